The minimum absolute atomic E-state index is 0.306. The van der Waals surface area contributed by atoms with Crippen LogP contribution >= 0.6 is 0 Å². The Labute approximate surface area is 194 Å². The molecule has 0 spiro atoms. The zero-order valence-electron chi connectivity index (χ0n) is 19.8. The maximum atomic E-state index is 5.77. The summed E-state index contributed by atoms with van der Waals surface area (Å²) < 4.78 is 13.0. The minimum Gasteiger partial charge on any atom is -0.481 e. The van der Waals surface area contributed by atoms with Crippen LogP contribution in [0.5, 0.6) is 11.8 Å². The highest BCUT2D eigenvalue weighted by atomic mass is 16.5. The number of fused-ring (bicyclic) bond motifs is 1. The molecule has 4 aromatic rings. The van der Waals surface area contributed by atoms with Gasteiger partial charge in [0.1, 0.15) is 11.3 Å². The van der Waals surface area contributed by atoms with Gasteiger partial charge in [0.25, 0.3) is 0 Å². The van der Waals surface area contributed by atoms with Gasteiger partial charge in [-0.2, -0.15) is 5.10 Å². The molecule has 0 saturated carbocycles. The summed E-state index contributed by atoms with van der Waals surface area (Å²) in [6.45, 7) is 9.44. The van der Waals surface area contributed by atoms with Gasteiger partial charge in [0.15, 0.2) is 0 Å². The van der Waals surface area contributed by atoms with E-state index in [0.29, 0.717) is 30.8 Å². The van der Waals surface area contributed by atoms with Crippen LogP contribution in [0.4, 0.5) is 5.69 Å². The number of nitrogens with zero attached hydrogens (tertiary/aromatic N) is 5. The van der Waals surface area contributed by atoms with Crippen molar-refractivity contribution in [2.45, 2.75) is 46.6 Å². The van der Waals surface area contributed by atoms with Crippen LogP contribution in [-0.2, 0) is 6.54 Å². The van der Waals surface area contributed by atoms with Crippen LogP contribution in [0, 0.1) is 6.92 Å². The van der Waals surface area contributed by atoms with Crippen molar-refractivity contribution in [2.24, 2.45) is 0 Å². The van der Waals surface area contributed by atoms with Gasteiger partial charge >= 0.3 is 0 Å². The molecule has 8 heteroatoms. The van der Waals surface area contributed by atoms with Crippen LogP contribution in [-0.4, -0.2) is 38.3 Å². The molecule has 4 rings (SSSR count). The zero-order chi connectivity index (χ0) is 23.4. The van der Waals surface area contributed by atoms with Crippen LogP contribution in [0.3, 0.4) is 0 Å². The number of anilines is 1. The monoisotopic (exact) mass is 446 g/mol. The maximum absolute atomic E-state index is 5.77. The Bertz CT molecular complexity index is 1250. The maximum Gasteiger partial charge on any atom is 0.222 e. The van der Waals surface area contributed by atoms with E-state index in [2.05, 4.69) is 35.2 Å². The SMILES string of the molecule is CCOc1ncccc1-c1cc(NCc2ccnc(OC)c2)c2c(C(C)CC)nc(C)n2n1. The van der Waals surface area contributed by atoms with E-state index in [-0.39, 0.29) is 0 Å². The number of nitrogens with one attached hydrogen (secondary N) is 1. The van der Waals surface area contributed by atoms with E-state index in [1.807, 2.05) is 42.6 Å². The summed E-state index contributed by atoms with van der Waals surface area (Å²) in [6, 6.07) is 9.83. The van der Waals surface area contributed by atoms with E-state index in [1.165, 1.54) is 0 Å². The second kappa shape index (κ2) is 9.85. The summed E-state index contributed by atoms with van der Waals surface area (Å²) in [4.78, 5) is 13.5. The van der Waals surface area contributed by atoms with E-state index in [9.17, 15) is 0 Å². The Balaban J connectivity index is 1.84. The van der Waals surface area contributed by atoms with E-state index >= 15 is 0 Å². The summed E-state index contributed by atoms with van der Waals surface area (Å²) >= 11 is 0. The Morgan fingerprint density at radius 2 is 1.97 bits per heavy atom. The molecule has 8 nitrogen and oxygen atoms in total. The Morgan fingerprint density at radius 1 is 1.12 bits per heavy atom. The number of hydrogen-bond donors (Lipinski definition) is 1. The van der Waals surface area contributed by atoms with Gasteiger partial charge in [0.05, 0.1) is 36.4 Å². The van der Waals surface area contributed by atoms with Gasteiger partial charge in [0.2, 0.25) is 11.8 Å². The summed E-state index contributed by atoms with van der Waals surface area (Å²) in [5, 5.41) is 8.54. The van der Waals surface area contributed by atoms with E-state index < -0.39 is 0 Å². The Kier molecular flexibility index (Phi) is 6.72. The van der Waals surface area contributed by atoms with Crippen molar-refractivity contribution in [2.75, 3.05) is 19.0 Å². The number of imidazole rings is 1. The molecule has 0 aliphatic rings. The van der Waals surface area contributed by atoms with Crippen molar-refractivity contribution in [3.8, 4) is 23.0 Å². The topological polar surface area (TPSA) is 86.5 Å². The summed E-state index contributed by atoms with van der Waals surface area (Å²) in [5.74, 6) is 2.31. The smallest absolute Gasteiger partial charge is 0.222 e. The molecule has 0 saturated heterocycles. The van der Waals surface area contributed by atoms with E-state index in [0.717, 1.165) is 46.0 Å². The van der Waals surface area contributed by atoms with Gasteiger partial charge in [-0.05, 0) is 50.1 Å². The lowest BCUT2D eigenvalue weighted by Gasteiger charge is -2.15. The number of aryl methyl sites for hydroxylation is 1. The number of pyridine rings is 2. The van der Waals surface area contributed by atoms with Crippen molar-refractivity contribution in [3.05, 3.63) is 59.8 Å². The van der Waals surface area contributed by atoms with Gasteiger partial charge in [-0.25, -0.2) is 19.5 Å². The average molecular weight is 447 g/mol. The van der Waals surface area contributed by atoms with Crippen LogP contribution < -0.4 is 14.8 Å². The molecule has 0 bridgehead atoms. The van der Waals surface area contributed by atoms with Crippen molar-refractivity contribution in [1.82, 2.24) is 24.6 Å². The molecule has 172 valence electrons. The fourth-order valence-corrected chi connectivity index (χ4v) is 3.77. The quantitative estimate of drug-likeness (QED) is 0.386. The fraction of sp³-hybridized carbons (Fsp3) is 0.360. The Morgan fingerprint density at radius 3 is 2.73 bits per heavy atom. The number of methoxy groups -OCH3 is 1. The van der Waals surface area contributed by atoms with Crippen molar-refractivity contribution in [3.63, 3.8) is 0 Å². The summed E-state index contributed by atoms with van der Waals surface area (Å²) in [7, 11) is 1.62. The molecule has 0 aliphatic carbocycles. The molecule has 0 aromatic carbocycles. The molecule has 0 amide bonds. The predicted molar refractivity (Wildman–Crippen MR) is 129 cm³/mol. The lowest BCUT2D eigenvalue weighted by atomic mass is 10.0. The summed E-state index contributed by atoms with van der Waals surface area (Å²) in [6.07, 6.45) is 4.47. The molecule has 4 aromatic heterocycles. The Hall–Kier alpha value is -3.68. The highest BCUT2D eigenvalue weighted by molar-refractivity contribution is 5.80. The molecule has 0 radical (unpaired) electrons. The highest BCUT2D eigenvalue weighted by Crippen LogP contribution is 2.34. The minimum atomic E-state index is 0.306. The molecule has 0 fully saturated rings. The van der Waals surface area contributed by atoms with Gasteiger partial charge in [0, 0.05) is 30.9 Å². The second-order valence-corrected chi connectivity index (χ2v) is 7.91. The van der Waals surface area contributed by atoms with E-state index in [1.54, 1.807) is 19.5 Å². The zero-order valence-corrected chi connectivity index (χ0v) is 19.8. The first-order valence-electron chi connectivity index (χ1n) is 11.3. The lowest BCUT2D eigenvalue weighted by Crippen LogP contribution is -2.07. The number of hydrogen-bond acceptors (Lipinski definition) is 7. The van der Waals surface area contributed by atoms with Crippen molar-refractivity contribution >= 4 is 11.2 Å². The average Bonchev–Trinajstić information content (AvgIpc) is 3.19. The van der Waals surface area contributed by atoms with Crippen molar-refractivity contribution < 1.29 is 9.47 Å². The predicted octanol–water partition coefficient (Wildman–Crippen LogP) is 5.03. The molecular weight excluding hydrogens is 416 g/mol. The standard InChI is InChI=1S/C25H30N6O2/c1-6-16(3)23-24-21(28-15-18-10-12-26-22(13-18)32-5)14-20(30-31(24)17(4)29-23)19-9-8-11-27-25(19)33-7-2/h8-14,16,28H,6-7,15H2,1-5H3. The molecule has 4 heterocycles. The molecule has 0 aliphatic heterocycles. The van der Waals surface area contributed by atoms with Gasteiger partial charge in [-0.3, -0.25) is 0 Å². The van der Waals surface area contributed by atoms with Gasteiger partial charge in [-0.15, -0.1) is 0 Å². The fourth-order valence-electron chi connectivity index (χ4n) is 3.77. The largest absolute Gasteiger partial charge is 0.481 e. The first-order chi connectivity index (χ1) is 16.0. The van der Waals surface area contributed by atoms with Gasteiger partial charge < -0.3 is 14.8 Å². The number of ether oxygens (including phenoxy) is 2. The third-order valence-corrected chi connectivity index (χ3v) is 5.69. The number of rotatable bonds is 9. The van der Waals surface area contributed by atoms with E-state index in [4.69, 9.17) is 19.6 Å². The van der Waals surface area contributed by atoms with Gasteiger partial charge in [-0.1, -0.05) is 13.8 Å². The first kappa shape index (κ1) is 22.5. The highest BCUT2D eigenvalue weighted by Gasteiger charge is 2.21. The second-order valence-electron chi connectivity index (χ2n) is 7.91. The van der Waals surface area contributed by atoms with Crippen LogP contribution in [0.2, 0.25) is 0 Å². The van der Waals surface area contributed by atoms with Crippen molar-refractivity contribution in [1.29, 1.82) is 0 Å². The number of aromatic nitrogens is 5. The van der Waals surface area contributed by atoms with Crippen LogP contribution in [0.15, 0.2) is 42.7 Å². The molecular formula is C25H30N6O2. The lowest BCUT2D eigenvalue weighted by molar-refractivity contribution is 0.328. The molecule has 1 N–H and O–H groups in total. The molecule has 33 heavy (non-hydrogen) atoms. The normalized spacial score (nSPS) is 12.0. The van der Waals surface area contributed by atoms with Crippen LogP contribution in [0.25, 0.3) is 16.8 Å². The molecule has 1 atom stereocenters. The third kappa shape index (κ3) is 4.60. The third-order valence-electron chi connectivity index (χ3n) is 5.69. The molecule has 1 unspecified atom stereocenters. The van der Waals surface area contributed by atoms with Crippen LogP contribution in [0.1, 0.15) is 50.2 Å². The first-order valence-corrected chi connectivity index (χ1v) is 11.3. The summed E-state index contributed by atoms with van der Waals surface area (Å²) in [5.41, 5.74) is 5.67.